The Labute approximate surface area is 161 Å². The van der Waals surface area contributed by atoms with E-state index < -0.39 is 15.3 Å². The third-order valence-corrected chi connectivity index (χ3v) is 7.64. The second-order valence-electron chi connectivity index (χ2n) is 7.09. The monoisotopic (exact) mass is 398 g/mol. The van der Waals surface area contributed by atoms with Gasteiger partial charge in [0.2, 0.25) is 15.9 Å². The zero-order valence-electron chi connectivity index (χ0n) is 15.6. The summed E-state index contributed by atoms with van der Waals surface area (Å²) in [5.74, 6) is 1.96. The van der Waals surface area contributed by atoms with Gasteiger partial charge in [0, 0.05) is 30.0 Å². The Morgan fingerprint density at radius 2 is 1.81 bits per heavy atom. The maximum absolute atomic E-state index is 12.3. The molecule has 0 aromatic heterocycles. The molecule has 2 N–H and O–H groups in total. The van der Waals surface area contributed by atoms with Gasteiger partial charge >= 0.3 is 0 Å². The van der Waals surface area contributed by atoms with Crippen LogP contribution in [0.3, 0.4) is 0 Å². The molecule has 1 amide bonds. The predicted molar refractivity (Wildman–Crippen MR) is 109 cm³/mol. The second-order valence-corrected chi connectivity index (χ2v) is 10.5. The minimum absolute atomic E-state index is 0.00827. The van der Waals surface area contributed by atoms with Gasteiger partial charge in [0.25, 0.3) is 0 Å². The van der Waals surface area contributed by atoms with E-state index in [0.29, 0.717) is 6.54 Å². The van der Waals surface area contributed by atoms with Crippen molar-refractivity contribution in [3.8, 4) is 0 Å². The molecule has 146 valence electrons. The Morgan fingerprint density at radius 3 is 2.42 bits per heavy atom. The van der Waals surface area contributed by atoms with E-state index in [1.165, 1.54) is 5.56 Å². The summed E-state index contributed by atoms with van der Waals surface area (Å²) in [5.41, 5.74) is 1.30. The topological polar surface area (TPSA) is 75.3 Å². The first kappa shape index (κ1) is 21.3. The molecule has 26 heavy (non-hydrogen) atoms. The lowest BCUT2D eigenvalue weighted by atomic mass is 9.86. The lowest BCUT2D eigenvalue weighted by Crippen LogP contribution is -2.43. The van der Waals surface area contributed by atoms with E-state index in [2.05, 4.69) is 22.2 Å². The quantitative estimate of drug-likeness (QED) is 0.627. The van der Waals surface area contributed by atoms with E-state index >= 15 is 0 Å². The number of carbonyl (C=O) groups excluding carboxylic acids is 1. The summed E-state index contributed by atoms with van der Waals surface area (Å²) in [6, 6.07) is 10.3. The van der Waals surface area contributed by atoms with E-state index in [-0.39, 0.29) is 17.9 Å². The molecule has 1 aromatic rings. The molecule has 0 atom stereocenters. The van der Waals surface area contributed by atoms with Crippen LogP contribution in [0.25, 0.3) is 0 Å². The van der Waals surface area contributed by atoms with Crippen molar-refractivity contribution in [2.45, 2.75) is 56.6 Å². The van der Waals surface area contributed by atoms with Gasteiger partial charge < -0.3 is 5.32 Å². The summed E-state index contributed by atoms with van der Waals surface area (Å²) in [5, 5.41) is 2.60. The van der Waals surface area contributed by atoms with Crippen molar-refractivity contribution in [3.63, 3.8) is 0 Å². The molecule has 0 radical (unpaired) electrons. The number of nitrogens with one attached hydrogen (secondary N) is 2. The average Bonchev–Trinajstić information content (AvgIpc) is 2.62. The van der Waals surface area contributed by atoms with Gasteiger partial charge in [-0.15, -0.1) is 0 Å². The summed E-state index contributed by atoms with van der Waals surface area (Å²) in [4.78, 5) is 12.3. The van der Waals surface area contributed by atoms with Crippen LogP contribution in [0, 0.1) is 5.92 Å². The van der Waals surface area contributed by atoms with E-state index in [1.54, 1.807) is 13.8 Å². The smallest absolute Gasteiger partial charge is 0.223 e. The van der Waals surface area contributed by atoms with E-state index in [0.717, 1.165) is 37.2 Å². The standard InChI is InChI=1S/C19H30N2O3S2/c1-15(2)26(23,24)21-18-10-8-17(9-11-18)19(22)20-12-13-25-14-16-6-4-3-5-7-16/h3-7,15,17-18,21H,8-14H2,1-2H3,(H,20,22). The molecule has 0 spiro atoms. The molecule has 1 aliphatic rings. The van der Waals surface area contributed by atoms with Gasteiger partial charge in [-0.25, -0.2) is 13.1 Å². The van der Waals surface area contributed by atoms with Crippen LogP contribution in [0.2, 0.25) is 0 Å². The zero-order valence-corrected chi connectivity index (χ0v) is 17.2. The number of amides is 1. The molecular weight excluding hydrogens is 368 g/mol. The normalized spacial score (nSPS) is 20.9. The summed E-state index contributed by atoms with van der Waals surface area (Å²) >= 11 is 1.81. The number of sulfonamides is 1. The molecular formula is C19H30N2O3S2. The van der Waals surface area contributed by atoms with Crippen molar-refractivity contribution < 1.29 is 13.2 Å². The van der Waals surface area contributed by atoms with Crippen LogP contribution in [0.1, 0.15) is 45.1 Å². The second kappa shape index (κ2) is 10.3. The van der Waals surface area contributed by atoms with Gasteiger partial charge in [-0.3, -0.25) is 4.79 Å². The summed E-state index contributed by atoms with van der Waals surface area (Å²) in [6.45, 7) is 4.03. The Balaban J connectivity index is 1.61. The molecule has 1 aliphatic carbocycles. The van der Waals surface area contributed by atoms with Crippen LogP contribution in [0.15, 0.2) is 30.3 Å². The Morgan fingerprint density at radius 1 is 1.15 bits per heavy atom. The number of benzene rings is 1. The molecule has 1 aromatic carbocycles. The van der Waals surface area contributed by atoms with E-state index in [4.69, 9.17) is 0 Å². The lowest BCUT2D eigenvalue weighted by molar-refractivity contribution is -0.125. The first-order valence-electron chi connectivity index (χ1n) is 9.29. The van der Waals surface area contributed by atoms with Crippen molar-refractivity contribution in [1.29, 1.82) is 0 Å². The van der Waals surface area contributed by atoms with Gasteiger partial charge in [-0.05, 0) is 45.1 Å². The molecule has 5 nitrogen and oxygen atoms in total. The molecule has 1 fully saturated rings. The number of thioether (sulfide) groups is 1. The van der Waals surface area contributed by atoms with Crippen LogP contribution in [0.5, 0.6) is 0 Å². The Hall–Kier alpha value is -1.05. The maximum atomic E-state index is 12.3. The number of hydrogen-bond acceptors (Lipinski definition) is 4. The molecule has 1 saturated carbocycles. The van der Waals surface area contributed by atoms with Gasteiger partial charge in [0.1, 0.15) is 0 Å². The highest BCUT2D eigenvalue weighted by molar-refractivity contribution is 7.98. The minimum atomic E-state index is -3.23. The third-order valence-electron chi connectivity index (χ3n) is 4.71. The molecule has 0 heterocycles. The summed E-state index contributed by atoms with van der Waals surface area (Å²) in [6.07, 6.45) is 2.95. The SMILES string of the molecule is CC(C)S(=O)(=O)NC1CCC(C(=O)NCCSCc2ccccc2)CC1. The van der Waals surface area contributed by atoms with E-state index in [1.807, 2.05) is 30.0 Å². The van der Waals surface area contributed by atoms with Crippen LogP contribution < -0.4 is 10.0 Å². The molecule has 0 saturated heterocycles. The number of carbonyl (C=O) groups is 1. The summed E-state index contributed by atoms with van der Waals surface area (Å²) in [7, 11) is -3.23. The van der Waals surface area contributed by atoms with Crippen molar-refractivity contribution in [2.75, 3.05) is 12.3 Å². The predicted octanol–water partition coefficient (Wildman–Crippen LogP) is 2.92. The molecule has 0 bridgehead atoms. The average molecular weight is 399 g/mol. The Bertz CT molecular complexity index is 655. The van der Waals surface area contributed by atoms with Gasteiger partial charge in [-0.2, -0.15) is 11.8 Å². The fourth-order valence-electron chi connectivity index (χ4n) is 3.00. The molecule has 2 rings (SSSR count). The minimum Gasteiger partial charge on any atom is -0.355 e. The number of hydrogen-bond donors (Lipinski definition) is 2. The van der Waals surface area contributed by atoms with Crippen LogP contribution in [0.4, 0.5) is 0 Å². The maximum Gasteiger partial charge on any atom is 0.223 e. The van der Waals surface area contributed by atoms with Gasteiger partial charge in [-0.1, -0.05) is 30.3 Å². The van der Waals surface area contributed by atoms with Crippen LogP contribution in [-0.2, 0) is 20.6 Å². The van der Waals surface area contributed by atoms with Crippen LogP contribution >= 0.6 is 11.8 Å². The molecule has 7 heteroatoms. The highest BCUT2D eigenvalue weighted by Gasteiger charge is 2.29. The third kappa shape index (κ3) is 6.93. The summed E-state index contributed by atoms with van der Waals surface area (Å²) < 4.78 is 26.6. The highest BCUT2D eigenvalue weighted by Crippen LogP contribution is 2.25. The van der Waals surface area contributed by atoms with Crippen molar-refractivity contribution >= 4 is 27.7 Å². The lowest BCUT2D eigenvalue weighted by Gasteiger charge is -2.28. The van der Waals surface area contributed by atoms with Crippen LogP contribution in [-0.4, -0.2) is 37.9 Å². The highest BCUT2D eigenvalue weighted by atomic mass is 32.2. The fraction of sp³-hybridized carbons (Fsp3) is 0.632. The first-order valence-corrected chi connectivity index (χ1v) is 12.0. The fourth-order valence-corrected chi connectivity index (χ4v) is 4.79. The van der Waals surface area contributed by atoms with Crippen molar-refractivity contribution in [1.82, 2.24) is 10.0 Å². The zero-order chi connectivity index (χ0) is 19.0. The first-order chi connectivity index (χ1) is 12.4. The number of rotatable bonds is 9. The van der Waals surface area contributed by atoms with Gasteiger partial charge in [0.15, 0.2) is 0 Å². The van der Waals surface area contributed by atoms with E-state index in [9.17, 15) is 13.2 Å². The van der Waals surface area contributed by atoms with Crippen molar-refractivity contribution in [2.24, 2.45) is 5.92 Å². The molecule has 0 unspecified atom stereocenters. The largest absolute Gasteiger partial charge is 0.355 e. The molecule has 0 aliphatic heterocycles. The van der Waals surface area contributed by atoms with Crippen molar-refractivity contribution in [3.05, 3.63) is 35.9 Å². The Kier molecular flexibility index (Phi) is 8.44. The van der Waals surface area contributed by atoms with Gasteiger partial charge in [0.05, 0.1) is 5.25 Å².